The quantitative estimate of drug-likeness (QED) is 0.323. The average Bonchev–Trinajstić information content (AvgIpc) is 3.45. The van der Waals surface area contributed by atoms with Gasteiger partial charge in [0.05, 0.1) is 12.8 Å². The molecule has 2 aromatic carbocycles. The lowest BCUT2D eigenvalue weighted by Gasteiger charge is -2.27. The molecular formula is C34H38N6O5. The summed E-state index contributed by atoms with van der Waals surface area (Å²) in [6.07, 6.45) is 3.98. The first-order valence-electron chi connectivity index (χ1n) is 15.2. The zero-order chi connectivity index (χ0) is 31.8. The van der Waals surface area contributed by atoms with E-state index in [9.17, 15) is 14.4 Å². The Morgan fingerprint density at radius 3 is 2.40 bits per heavy atom. The molecule has 0 bridgehead atoms. The molecule has 0 radical (unpaired) electrons. The van der Waals surface area contributed by atoms with Crippen molar-refractivity contribution in [3.05, 3.63) is 91.3 Å². The fourth-order valence-corrected chi connectivity index (χ4v) is 6.51. The first-order chi connectivity index (χ1) is 21.7. The molecule has 1 aliphatic carbocycles. The second-order valence-corrected chi connectivity index (χ2v) is 11.8. The molecule has 4 aromatic rings. The highest BCUT2D eigenvalue weighted by atomic mass is 16.5. The van der Waals surface area contributed by atoms with E-state index in [2.05, 4.69) is 40.9 Å². The number of methoxy groups -OCH3 is 1. The topological polar surface area (TPSA) is 129 Å². The van der Waals surface area contributed by atoms with Gasteiger partial charge in [-0.2, -0.15) is 5.10 Å². The number of benzene rings is 2. The number of aromatic nitrogens is 4. The first kappa shape index (κ1) is 30.4. The zero-order valence-electron chi connectivity index (χ0n) is 26.3. The van der Waals surface area contributed by atoms with Crippen molar-refractivity contribution < 1.29 is 14.3 Å². The maximum absolute atomic E-state index is 13.1. The highest BCUT2D eigenvalue weighted by Crippen LogP contribution is 2.41. The Morgan fingerprint density at radius 1 is 0.978 bits per heavy atom. The number of pyridine rings is 1. The van der Waals surface area contributed by atoms with E-state index in [0.29, 0.717) is 17.6 Å². The van der Waals surface area contributed by atoms with Gasteiger partial charge >= 0.3 is 5.69 Å². The van der Waals surface area contributed by atoms with Gasteiger partial charge in [-0.3, -0.25) is 14.2 Å². The van der Waals surface area contributed by atoms with Crippen LogP contribution in [0.15, 0.2) is 52.1 Å². The van der Waals surface area contributed by atoms with Crippen molar-refractivity contribution in [2.45, 2.75) is 51.6 Å². The second-order valence-electron chi connectivity index (χ2n) is 11.8. The normalized spacial score (nSPS) is 16.4. The lowest BCUT2D eigenvalue weighted by Crippen LogP contribution is -2.43. The Morgan fingerprint density at radius 2 is 1.67 bits per heavy atom. The predicted molar refractivity (Wildman–Crippen MR) is 172 cm³/mol. The van der Waals surface area contributed by atoms with Crippen LogP contribution in [-0.2, 0) is 25.3 Å². The summed E-state index contributed by atoms with van der Waals surface area (Å²) in [6.45, 7) is 5.58. The predicted octanol–water partition coefficient (Wildman–Crippen LogP) is 3.84. The van der Waals surface area contributed by atoms with Crippen molar-refractivity contribution in [1.29, 1.82) is 0 Å². The van der Waals surface area contributed by atoms with Crippen LogP contribution in [0, 0.1) is 13.8 Å². The number of carbonyl (C=O) groups is 1. The third kappa shape index (κ3) is 5.69. The molecule has 1 unspecified atom stereocenters. The molecule has 2 aromatic heterocycles. The highest BCUT2D eigenvalue weighted by Gasteiger charge is 2.31. The molecule has 45 heavy (non-hydrogen) atoms. The number of nitrogens with zero attached hydrogens (tertiary/aromatic N) is 4. The number of hydrogen-bond donors (Lipinski definition) is 2. The lowest BCUT2D eigenvalue weighted by molar-refractivity contribution is 0.0747. The number of amides is 1. The number of hydrogen-bond acceptors (Lipinski definition) is 8. The summed E-state index contributed by atoms with van der Waals surface area (Å²) in [5.41, 5.74) is 6.90. The number of rotatable bonds is 7. The Bertz CT molecular complexity index is 1910. The molecule has 11 heteroatoms. The van der Waals surface area contributed by atoms with Crippen LogP contribution in [-0.4, -0.2) is 51.6 Å². The van der Waals surface area contributed by atoms with Crippen LogP contribution in [0.25, 0.3) is 22.4 Å². The van der Waals surface area contributed by atoms with Crippen LogP contribution in [0.1, 0.15) is 58.0 Å². The minimum Gasteiger partial charge on any atom is -0.481 e. The summed E-state index contributed by atoms with van der Waals surface area (Å²) >= 11 is 0. The number of nitrogens with one attached hydrogen (secondary N) is 2. The van der Waals surface area contributed by atoms with E-state index in [4.69, 9.17) is 14.5 Å². The molecule has 6 rings (SSSR count). The number of ether oxygens (including phenoxy) is 2. The summed E-state index contributed by atoms with van der Waals surface area (Å²) in [6, 6.07) is 14.6. The molecular weight excluding hydrogens is 572 g/mol. The van der Waals surface area contributed by atoms with Gasteiger partial charge in [-0.25, -0.2) is 14.5 Å². The average molecular weight is 611 g/mol. The Balaban J connectivity index is 1.32. The van der Waals surface area contributed by atoms with Gasteiger partial charge in [0, 0.05) is 56.2 Å². The molecule has 234 valence electrons. The lowest BCUT2D eigenvalue weighted by atomic mass is 9.91. The molecule has 1 fully saturated rings. The van der Waals surface area contributed by atoms with Crippen LogP contribution in [0.5, 0.6) is 5.88 Å². The van der Waals surface area contributed by atoms with Crippen molar-refractivity contribution in [3.8, 4) is 28.3 Å². The molecule has 1 amide bonds. The first-order valence-corrected chi connectivity index (χ1v) is 15.2. The largest absolute Gasteiger partial charge is 0.481 e. The van der Waals surface area contributed by atoms with Crippen molar-refractivity contribution in [3.63, 3.8) is 0 Å². The number of fused-ring (bicyclic) bond motifs is 1. The van der Waals surface area contributed by atoms with Gasteiger partial charge < -0.3 is 20.1 Å². The highest BCUT2D eigenvalue weighted by molar-refractivity contribution is 6.03. The second kappa shape index (κ2) is 12.4. The molecule has 0 saturated carbocycles. The minimum atomic E-state index is -0.754. The number of carbonyl (C=O) groups excluding carboxylic acids is 1. The molecule has 2 aliphatic rings. The van der Waals surface area contributed by atoms with E-state index in [-0.39, 0.29) is 11.7 Å². The molecule has 2 N–H and O–H groups in total. The van der Waals surface area contributed by atoms with Crippen molar-refractivity contribution >= 4 is 11.6 Å². The maximum atomic E-state index is 13.1. The van der Waals surface area contributed by atoms with Crippen LogP contribution < -0.4 is 26.6 Å². The summed E-state index contributed by atoms with van der Waals surface area (Å²) < 4.78 is 13.2. The van der Waals surface area contributed by atoms with Gasteiger partial charge in [0.2, 0.25) is 11.6 Å². The van der Waals surface area contributed by atoms with Crippen molar-refractivity contribution in [2.24, 2.45) is 14.1 Å². The summed E-state index contributed by atoms with van der Waals surface area (Å²) in [5, 5.41) is 10.6. The Kier molecular flexibility index (Phi) is 8.39. The third-order valence-electron chi connectivity index (χ3n) is 9.03. The molecule has 11 nitrogen and oxygen atoms in total. The van der Waals surface area contributed by atoms with Gasteiger partial charge in [0.1, 0.15) is 0 Å². The minimum absolute atomic E-state index is 0.212. The van der Waals surface area contributed by atoms with Crippen LogP contribution in [0.3, 0.4) is 0 Å². The van der Waals surface area contributed by atoms with E-state index in [0.717, 1.165) is 87.2 Å². The van der Waals surface area contributed by atoms with Gasteiger partial charge in [-0.15, -0.1) is 0 Å². The third-order valence-corrected chi connectivity index (χ3v) is 9.03. The smallest absolute Gasteiger partial charge is 0.346 e. The van der Waals surface area contributed by atoms with Gasteiger partial charge in [0.25, 0.3) is 11.5 Å². The molecule has 1 atom stereocenters. The Labute approximate surface area is 261 Å². The van der Waals surface area contributed by atoms with E-state index in [1.807, 2.05) is 25.1 Å². The van der Waals surface area contributed by atoms with Gasteiger partial charge in [-0.1, -0.05) is 30.3 Å². The molecule has 1 aliphatic heterocycles. The van der Waals surface area contributed by atoms with E-state index < -0.39 is 17.2 Å². The zero-order valence-corrected chi connectivity index (χ0v) is 26.3. The Hall–Kier alpha value is -4.61. The van der Waals surface area contributed by atoms with E-state index in [1.165, 1.54) is 19.7 Å². The van der Waals surface area contributed by atoms with Crippen LogP contribution >= 0.6 is 0 Å². The fourth-order valence-electron chi connectivity index (χ4n) is 6.51. The number of anilines is 1. The standard InChI is InChI=1S/C34H38N6O5/c1-19-23(24-9-7-11-26(20(24)2)36-31(41)30-33(42)39(3)34(43)40(4)38-30)8-6-10-25(19)28-18-21-12-13-27(29(21)32(37-28)44-5)35-22-14-16-45-17-15-22/h6-11,18,22,27,35H,12-17H2,1-5H3,(H,36,41). The summed E-state index contributed by atoms with van der Waals surface area (Å²) in [7, 11) is 4.40. The van der Waals surface area contributed by atoms with Crippen LogP contribution in [0.4, 0.5) is 5.69 Å². The van der Waals surface area contributed by atoms with E-state index in [1.54, 1.807) is 13.2 Å². The van der Waals surface area contributed by atoms with Crippen molar-refractivity contribution in [2.75, 3.05) is 25.6 Å². The monoisotopic (exact) mass is 610 g/mol. The van der Waals surface area contributed by atoms with E-state index >= 15 is 0 Å². The SMILES string of the molecule is COc1nc(-c2cccc(-c3cccc(NC(=O)c4nn(C)c(=O)n(C)c4=O)c3C)c2C)cc2c1C(NC1CCOCC1)CC2. The molecule has 0 spiro atoms. The number of aryl methyl sites for hydroxylation is 2. The molecule has 1 saturated heterocycles. The summed E-state index contributed by atoms with van der Waals surface area (Å²) in [5.74, 6) is -0.0237. The molecule has 3 heterocycles. The van der Waals surface area contributed by atoms with Gasteiger partial charge in [-0.05, 0) is 79.5 Å². The van der Waals surface area contributed by atoms with Crippen molar-refractivity contribution in [1.82, 2.24) is 24.6 Å². The fraction of sp³-hybridized carbons (Fsp3) is 0.382. The maximum Gasteiger partial charge on any atom is 0.346 e. The summed E-state index contributed by atoms with van der Waals surface area (Å²) in [4.78, 5) is 42.7. The van der Waals surface area contributed by atoms with Crippen LogP contribution in [0.2, 0.25) is 0 Å². The van der Waals surface area contributed by atoms with Gasteiger partial charge in [0.15, 0.2) is 0 Å².